The molecule has 1 aliphatic rings. The van der Waals surface area contributed by atoms with Crippen molar-refractivity contribution >= 4 is 11.6 Å². The molecule has 1 aliphatic heterocycles. The predicted molar refractivity (Wildman–Crippen MR) is 65.8 cm³/mol. The Bertz CT molecular complexity index is 450. The average Bonchev–Trinajstić information content (AvgIpc) is 2.24. The number of likely N-dealkylation sites (tertiary alicyclic amines) is 1. The number of amides is 1. The van der Waals surface area contributed by atoms with E-state index in [0.29, 0.717) is 5.69 Å². The smallest absolute Gasteiger partial charge is 0.325 e. The number of carbonyl (C=O) groups excluding carboxylic acids is 1. The summed E-state index contributed by atoms with van der Waals surface area (Å²) >= 11 is 0. The lowest BCUT2D eigenvalue weighted by atomic mass is 10.00. The fraction of sp³-hybridized carbons (Fsp3) is 0.462. The van der Waals surface area contributed by atoms with Crippen LogP contribution in [-0.2, 0) is 4.79 Å². The Morgan fingerprint density at radius 2 is 1.89 bits per heavy atom. The second-order valence-electron chi connectivity index (χ2n) is 4.85. The third-order valence-corrected chi connectivity index (χ3v) is 3.12. The Morgan fingerprint density at radius 1 is 1.32 bits per heavy atom. The van der Waals surface area contributed by atoms with Gasteiger partial charge in [-0.1, -0.05) is 17.7 Å². The first-order chi connectivity index (χ1) is 8.84. The van der Waals surface area contributed by atoms with Gasteiger partial charge in [0.2, 0.25) is 5.91 Å². The average molecular weight is 272 g/mol. The Hall–Kier alpha value is -1.56. The van der Waals surface area contributed by atoms with Crippen LogP contribution in [-0.4, -0.2) is 36.6 Å². The molecule has 2 rings (SSSR count). The van der Waals surface area contributed by atoms with Crippen molar-refractivity contribution in [3.8, 4) is 0 Å². The van der Waals surface area contributed by atoms with Crippen LogP contribution in [0.25, 0.3) is 0 Å². The molecule has 0 aromatic heterocycles. The van der Waals surface area contributed by atoms with Gasteiger partial charge in [0.15, 0.2) is 0 Å². The maximum atomic E-state index is 12.3. The van der Waals surface area contributed by atoms with Crippen molar-refractivity contribution in [1.29, 1.82) is 0 Å². The summed E-state index contributed by atoms with van der Waals surface area (Å²) in [6.45, 7) is 1.75. The standard InChI is InChI=1S/C13H15F3N2O/c1-9-2-4-11(5-3-9)17-12(19)8-18-6-10(7-18)13(14,15)16/h2-5,10H,6-8H2,1H3,(H,17,19). The Labute approximate surface area is 109 Å². The van der Waals surface area contributed by atoms with Gasteiger partial charge in [-0.15, -0.1) is 0 Å². The minimum Gasteiger partial charge on any atom is -0.325 e. The molecule has 1 aromatic carbocycles. The molecule has 6 heteroatoms. The van der Waals surface area contributed by atoms with Gasteiger partial charge in [-0.25, -0.2) is 0 Å². The van der Waals surface area contributed by atoms with E-state index in [9.17, 15) is 18.0 Å². The van der Waals surface area contributed by atoms with Gasteiger partial charge in [-0.05, 0) is 19.1 Å². The zero-order valence-corrected chi connectivity index (χ0v) is 10.5. The first-order valence-corrected chi connectivity index (χ1v) is 6.00. The van der Waals surface area contributed by atoms with E-state index in [4.69, 9.17) is 0 Å². The number of nitrogens with one attached hydrogen (secondary N) is 1. The number of aryl methyl sites for hydroxylation is 1. The number of rotatable bonds is 3. The van der Waals surface area contributed by atoms with Gasteiger partial charge in [0.1, 0.15) is 0 Å². The molecule has 1 saturated heterocycles. The van der Waals surface area contributed by atoms with E-state index < -0.39 is 12.1 Å². The van der Waals surface area contributed by atoms with E-state index in [-0.39, 0.29) is 25.5 Å². The monoisotopic (exact) mass is 272 g/mol. The van der Waals surface area contributed by atoms with Crippen molar-refractivity contribution in [2.75, 3.05) is 25.0 Å². The maximum Gasteiger partial charge on any atom is 0.394 e. The molecule has 1 heterocycles. The molecule has 19 heavy (non-hydrogen) atoms. The van der Waals surface area contributed by atoms with E-state index in [0.717, 1.165) is 5.56 Å². The minimum atomic E-state index is -4.15. The Kier molecular flexibility index (Phi) is 3.80. The molecule has 1 amide bonds. The lowest BCUT2D eigenvalue weighted by Crippen LogP contribution is -2.55. The lowest BCUT2D eigenvalue weighted by molar-refractivity contribution is -0.208. The van der Waals surface area contributed by atoms with Crippen LogP contribution in [0.4, 0.5) is 18.9 Å². The van der Waals surface area contributed by atoms with Crippen molar-refractivity contribution in [2.45, 2.75) is 13.1 Å². The molecule has 1 aromatic rings. The summed E-state index contributed by atoms with van der Waals surface area (Å²) < 4.78 is 36.8. The topological polar surface area (TPSA) is 32.3 Å². The highest BCUT2D eigenvalue weighted by Crippen LogP contribution is 2.33. The number of benzene rings is 1. The lowest BCUT2D eigenvalue weighted by Gasteiger charge is -2.39. The van der Waals surface area contributed by atoms with E-state index in [1.54, 1.807) is 12.1 Å². The van der Waals surface area contributed by atoms with Crippen molar-refractivity contribution in [1.82, 2.24) is 4.90 Å². The van der Waals surface area contributed by atoms with Gasteiger partial charge in [0.25, 0.3) is 0 Å². The minimum absolute atomic E-state index is 0.000453. The maximum absolute atomic E-state index is 12.3. The third-order valence-electron chi connectivity index (χ3n) is 3.12. The SMILES string of the molecule is Cc1ccc(NC(=O)CN2CC(C(F)(F)F)C2)cc1. The van der Waals surface area contributed by atoms with E-state index in [2.05, 4.69) is 5.32 Å². The Balaban J connectivity index is 1.76. The predicted octanol–water partition coefficient (Wildman–Crippen LogP) is 2.43. The number of hydrogen-bond acceptors (Lipinski definition) is 2. The van der Waals surface area contributed by atoms with Crippen molar-refractivity contribution in [3.05, 3.63) is 29.8 Å². The fourth-order valence-corrected chi connectivity index (χ4v) is 1.95. The van der Waals surface area contributed by atoms with Gasteiger partial charge < -0.3 is 5.32 Å². The molecule has 104 valence electrons. The van der Waals surface area contributed by atoms with Crippen molar-refractivity contribution in [3.63, 3.8) is 0 Å². The quantitative estimate of drug-likeness (QED) is 0.916. The summed E-state index contributed by atoms with van der Waals surface area (Å²) in [7, 11) is 0. The number of hydrogen-bond donors (Lipinski definition) is 1. The summed E-state index contributed by atoms with van der Waals surface area (Å²) in [4.78, 5) is 13.1. The van der Waals surface area contributed by atoms with Crippen molar-refractivity contribution in [2.24, 2.45) is 5.92 Å². The van der Waals surface area contributed by atoms with E-state index in [1.165, 1.54) is 4.90 Å². The zero-order valence-electron chi connectivity index (χ0n) is 10.5. The molecule has 0 spiro atoms. The van der Waals surface area contributed by atoms with Gasteiger partial charge in [0.05, 0.1) is 12.5 Å². The van der Waals surface area contributed by atoms with Gasteiger partial charge in [0, 0.05) is 18.8 Å². The van der Waals surface area contributed by atoms with Gasteiger partial charge in [-0.3, -0.25) is 9.69 Å². The molecule has 1 fully saturated rings. The van der Waals surface area contributed by atoms with Crippen LogP contribution in [0.1, 0.15) is 5.56 Å². The molecule has 0 radical (unpaired) electrons. The fourth-order valence-electron chi connectivity index (χ4n) is 1.95. The highest BCUT2D eigenvalue weighted by Gasteiger charge is 2.47. The Morgan fingerprint density at radius 3 is 2.42 bits per heavy atom. The summed E-state index contributed by atoms with van der Waals surface area (Å²) in [5.41, 5.74) is 1.73. The number of halogens is 3. The summed E-state index contributed by atoms with van der Waals surface area (Å²) in [5, 5.41) is 2.66. The van der Waals surface area contributed by atoms with E-state index >= 15 is 0 Å². The molecule has 3 nitrogen and oxygen atoms in total. The second kappa shape index (κ2) is 5.21. The largest absolute Gasteiger partial charge is 0.394 e. The molecule has 0 saturated carbocycles. The van der Waals surface area contributed by atoms with Crippen LogP contribution in [0.15, 0.2) is 24.3 Å². The second-order valence-corrected chi connectivity index (χ2v) is 4.85. The van der Waals surface area contributed by atoms with Crippen LogP contribution in [0.5, 0.6) is 0 Å². The summed E-state index contributed by atoms with van der Waals surface area (Å²) in [5.74, 6) is -1.58. The normalized spacial score (nSPS) is 17.1. The summed E-state index contributed by atoms with van der Waals surface area (Å²) in [6, 6.07) is 7.25. The molecule has 0 bridgehead atoms. The zero-order chi connectivity index (χ0) is 14.0. The number of alkyl halides is 3. The van der Waals surface area contributed by atoms with Gasteiger partial charge >= 0.3 is 6.18 Å². The van der Waals surface area contributed by atoms with Crippen LogP contribution in [0, 0.1) is 12.8 Å². The molecule has 1 N–H and O–H groups in total. The van der Waals surface area contributed by atoms with Crippen molar-refractivity contribution < 1.29 is 18.0 Å². The van der Waals surface area contributed by atoms with Crippen LogP contribution < -0.4 is 5.32 Å². The molecule has 0 unspecified atom stereocenters. The molecular weight excluding hydrogens is 257 g/mol. The first-order valence-electron chi connectivity index (χ1n) is 6.00. The number of anilines is 1. The highest BCUT2D eigenvalue weighted by molar-refractivity contribution is 5.92. The van der Waals surface area contributed by atoms with Crippen LogP contribution >= 0.6 is 0 Å². The number of nitrogens with zero attached hydrogens (tertiary/aromatic N) is 1. The van der Waals surface area contributed by atoms with Crippen LogP contribution in [0.2, 0.25) is 0 Å². The molecule has 0 aliphatic carbocycles. The summed E-state index contributed by atoms with van der Waals surface area (Å²) in [6.07, 6.45) is -4.15. The van der Waals surface area contributed by atoms with Crippen LogP contribution in [0.3, 0.4) is 0 Å². The number of carbonyl (C=O) groups is 1. The molecule has 0 atom stereocenters. The molecular formula is C13H15F3N2O. The first kappa shape index (κ1) is 13.9. The highest BCUT2D eigenvalue weighted by atomic mass is 19.4. The van der Waals surface area contributed by atoms with E-state index in [1.807, 2.05) is 19.1 Å². The third kappa shape index (κ3) is 3.70. The van der Waals surface area contributed by atoms with Gasteiger partial charge in [-0.2, -0.15) is 13.2 Å².